The summed E-state index contributed by atoms with van der Waals surface area (Å²) < 4.78 is 6.86. The number of hydrogen-bond donors (Lipinski definition) is 1. The Balaban J connectivity index is 0.000000305. The monoisotopic (exact) mass is 877 g/mol. The van der Waals surface area contributed by atoms with Gasteiger partial charge in [0.1, 0.15) is 11.5 Å². The molecule has 4 nitrogen and oxygen atoms in total. The fraction of sp³-hybridized carbons (Fsp3) is 0.447. The third-order valence-electron chi connectivity index (χ3n) is 10.7. The van der Waals surface area contributed by atoms with E-state index in [1.165, 1.54) is 38.7 Å². The van der Waals surface area contributed by atoms with E-state index in [0.717, 1.165) is 72.1 Å². The van der Waals surface area contributed by atoms with Crippen LogP contribution in [0.25, 0.3) is 43.6 Å². The summed E-state index contributed by atoms with van der Waals surface area (Å²) in [6.07, 6.45) is 8.70. The van der Waals surface area contributed by atoms with Crippen LogP contribution in [0.2, 0.25) is 0 Å². The number of benzene rings is 4. The third kappa shape index (κ3) is 8.64. The summed E-state index contributed by atoms with van der Waals surface area (Å²) in [6, 6.07) is 23.3. The van der Waals surface area contributed by atoms with Crippen LogP contribution >= 0.6 is 0 Å². The topological polar surface area (TPSA) is 59.4 Å². The number of allylic oxidation sites excluding steroid dienone is 2. The quantitative estimate of drug-likeness (QED) is 0.0680. The van der Waals surface area contributed by atoms with Crippen molar-refractivity contribution in [3.8, 4) is 22.8 Å². The maximum absolute atomic E-state index is 11.9. The summed E-state index contributed by atoms with van der Waals surface area (Å²) in [5.74, 6) is 2.19. The van der Waals surface area contributed by atoms with Gasteiger partial charge in [-0.15, -0.1) is 17.5 Å². The molecule has 0 saturated carbocycles. The van der Waals surface area contributed by atoms with E-state index in [2.05, 4.69) is 102 Å². The molecule has 1 aliphatic heterocycles. The second kappa shape index (κ2) is 16.2. The number of fused-ring (bicyclic) bond motifs is 5. The second-order valence-corrected chi connectivity index (χ2v) is 17.1. The van der Waals surface area contributed by atoms with E-state index >= 15 is 0 Å². The number of hydrogen-bond acceptors (Lipinski definition) is 4. The zero-order chi connectivity index (χ0) is 37.3. The number of ketones is 1. The van der Waals surface area contributed by atoms with Gasteiger partial charge in [0.2, 0.25) is 0 Å². The van der Waals surface area contributed by atoms with E-state index in [0.29, 0.717) is 0 Å². The first-order valence-corrected chi connectivity index (χ1v) is 19.0. The average molecular weight is 877 g/mol. The number of carbonyl (C=O) groups is 1. The van der Waals surface area contributed by atoms with Gasteiger partial charge in [-0.2, -0.15) is 0 Å². The van der Waals surface area contributed by atoms with Crippen LogP contribution in [-0.2, 0) is 37.7 Å². The predicted octanol–water partition coefficient (Wildman–Crippen LogP) is 13.5. The van der Waals surface area contributed by atoms with E-state index in [4.69, 9.17) is 9.72 Å². The molecule has 1 aliphatic rings. The minimum absolute atomic E-state index is 0. The maximum Gasteiger partial charge on any atom is 0.162 e. The number of ether oxygens (including phenoxy) is 1. The Kier molecular flexibility index (Phi) is 12.9. The molecule has 1 N–H and O–H groups in total. The minimum Gasteiger partial charge on any atom is -0.512 e. The molecule has 0 bridgehead atoms. The summed E-state index contributed by atoms with van der Waals surface area (Å²) in [5.41, 5.74) is 4.63. The Morgan fingerprint density at radius 3 is 2.08 bits per heavy atom. The Bertz CT molecular complexity index is 2090. The first-order valence-electron chi connectivity index (χ1n) is 19.0. The van der Waals surface area contributed by atoms with Crippen LogP contribution in [0.15, 0.2) is 72.6 Å². The van der Waals surface area contributed by atoms with Gasteiger partial charge in [0.25, 0.3) is 0 Å². The standard InChI is InChI=1S/C33H32NO.C14H26O2.Ir/c1-32(2,3)18-21-11-9-13-23-24-14-15-34-30-26-16-20-10-7-8-12-22(20)27(19-33(4,5)6)31(26)35-28(29(24)30)17-25(21)23;1-6-11(7-2)12(15)10-13(16)14(5,8-3)9-4;/h7-15,17H,18-19H2,1-6H3;10-11,16H,6-9H2,1-5H3;/q-1;;/b;13-10-;. The van der Waals surface area contributed by atoms with Crippen molar-refractivity contribution in [1.82, 2.24) is 4.98 Å². The molecule has 0 atom stereocenters. The van der Waals surface area contributed by atoms with E-state index in [1.807, 2.05) is 40.8 Å². The second-order valence-electron chi connectivity index (χ2n) is 17.1. The molecule has 1 radical (unpaired) electrons. The van der Waals surface area contributed by atoms with Crippen LogP contribution in [0.3, 0.4) is 0 Å². The molecular formula is C47H58IrNO3-. The van der Waals surface area contributed by atoms with Gasteiger partial charge in [-0.3, -0.25) is 9.78 Å². The zero-order valence-electron chi connectivity index (χ0n) is 33.2. The maximum atomic E-state index is 11.9. The van der Waals surface area contributed by atoms with E-state index in [1.54, 1.807) is 0 Å². The van der Waals surface area contributed by atoms with Gasteiger partial charge in [-0.1, -0.05) is 129 Å². The molecule has 0 amide bonds. The zero-order valence-corrected chi connectivity index (χ0v) is 35.6. The third-order valence-corrected chi connectivity index (χ3v) is 10.7. The number of aliphatic hydroxyl groups is 1. The van der Waals surface area contributed by atoms with Crippen molar-refractivity contribution in [2.24, 2.45) is 22.2 Å². The largest absolute Gasteiger partial charge is 0.512 e. The van der Waals surface area contributed by atoms with Crippen LogP contribution in [0, 0.1) is 28.2 Å². The number of carbonyl (C=O) groups excluding carboxylic acids is 1. The number of rotatable bonds is 9. The predicted molar refractivity (Wildman–Crippen MR) is 216 cm³/mol. The normalized spacial score (nSPS) is 13.0. The van der Waals surface area contributed by atoms with Gasteiger partial charge in [0.15, 0.2) is 5.78 Å². The van der Waals surface area contributed by atoms with Crippen LogP contribution in [0.1, 0.15) is 113 Å². The summed E-state index contributed by atoms with van der Waals surface area (Å²) in [6.45, 7) is 23.8. The number of aliphatic hydroxyl groups excluding tert-OH is 1. The van der Waals surface area contributed by atoms with Gasteiger partial charge in [-0.05, 0) is 83.2 Å². The van der Waals surface area contributed by atoms with Crippen molar-refractivity contribution in [3.05, 3.63) is 89.8 Å². The summed E-state index contributed by atoms with van der Waals surface area (Å²) in [5, 5.41) is 17.2. The number of pyridine rings is 1. The smallest absolute Gasteiger partial charge is 0.162 e. The van der Waals surface area contributed by atoms with Gasteiger partial charge in [0, 0.05) is 54.8 Å². The molecule has 0 spiro atoms. The van der Waals surface area contributed by atoms with Crippen molar-refractivity contribution < 1.29 is 34.7 Å². The molecule has 0 fully saturated rings. The van der Waals surface area contributed by atoms with Crippen molar-refractivity contribution in [3.63, 3.8) is 0 Å². The van der Waals surface area contributed by atoms with E-state index in [9.17, 15) is 9.90 Å². The average Bonchev–Trinajstić information content (AvgIpc) is 3.08. The first kappa shape index (κ1) is 41.2. The Morgan fingerprint density at radius 2 is 1.46 bits per heavy atom. The molecule has 4 aromatic carbocycles. The molecule has 0 saturated heterocycles. The number of nitrogens with zero attached hydrogens (tertiary/aromatic N) is 1. The van der Waals surface area contributed by atoms with E-state index in [-0.39, 0.29) is 53.8 Å². The molecule has 279 valence electrons. The summed E-state index contributed by atoms with van der Waals surface area (Å²) in [7, 11) is 0. The van der Waals surface area contributed by atoms with Crippen LogP contribution in [0.5, 0.6) is 11.5 Å². The molecule has 1 aromatic heterocycles. The molecule has 5 aromatic rings. The molecule has 0 unspecified atom stereocenters. The van der Waals surface area contributed by atoms with Crippen LogP contribution < -0.4 is 4.74 Å². The van der Waals surface area contributed by atoms with Gasteiger partial charge < -0.3 is 9.84 Å². The first-order chi connectivity index (χ1) is 24.0. The molecule has 0 aliphatic carbocycles. The molecule has 52 heavy (non-hydrogen) atoms. The van der Waals surface area contributed by atoms with Crippen molar-refractivity contribution >= 4 is 38.1 Å². The molecule has 6 rings (SSSR count). The van der Waals surface area contributed by atoms with Crippen molar-refractivity contribution in [2.45, 2.75) is 115 Å². The fourth-order valence-corrected chi connectivity index (χ4v) is 7.30. The summed E-state index contributed by atoms with van der Waals surface area (Å²) >= 11 is 0. The number of aromatic nitrogens is 1. The fourth-order valence-electron chi connectivity index (χ4n) is 7.30. The molecule has 5 heteroatoms. The van der Waals surface area contributed by atoms with Crippen molar-refractivity contribution in [1.29, 1.82) is 0 Å². The van der Waals surface area contributed by atoms with Crippen LogP contribution in [-0.4, -0.2) is 15.9 Å². The molecule has 2 heterocycles. The molecular weight excluding hydrogens is 819 g/mol. The SMILES string of the molecule is CC(C)(C)Cc1c2c([c-]c3ccccc13)-c1nccc3c1c(cc1c(CC(C)(C)C)cccc13)O2.CCC(CC)C(=O)/C=C(\O)C(C)(CC)CC.[Ir]. The van der Waals surface area contributed by atoms with Gasteiger partial charge in [0.05, 0.1) is 5.75 Å². The Morgan fingerprint density at radius 1 is 0.827 bits per heavy atom. The summed E-state index contributed by atoms with van der Waals surface area (Å²) in [4.78, 5) is 16.8. The minimum atomic E-state index is -0.248. The van der Waals surface area contributed by atoms with Crippen LogP contribution in [0.4, 0.5) is 0 Å². The van der Waals surface area contributed by atoms with Gasteiger partial charge in [-0.25, -0.2) is 0 Å². The van der Waals surface area contributed by atoms with E-state index < -0.39 is 0 Å². The Hall–Kier alpha value is -3.53. The van der Waals surface area contributed by atoms with Gasteiger partial charge >= 0.3 is 0 Å². The van der Waals surface area contributed by atoms with Crippen molar-refractivity contribution in [2.75, 3.05) is 0 Å². The Labute approximate surface area is 325 Å².